The predicted octanol–water partition coefficient (Wildman–Crippen LogP) is 2.93. The number of rotatable bonds is 8. The van der Waals surface area contributed by atoms with Gasteiger partial charge in [-0.05, 0) is 45.2 Å². The van der Waals surface area contributed by atoms with Gasteiger partial charge >= 0.3 is 11.9 Å². The SMILES string of the molecule is CC(C)(C)OC(=O)CCCOc1c(CCC(=O)O)ccc(N)c1F. The van der Waals surface area contributed by atoms with Gasteiger partial charge in [0.25, 0.3) is 0 Å². The van der Waals surface area contributed by atoms with Gasteiger partial charge in [-0.3, -0.25) is 9.59 Å². The number of hydrogen-bond donors (Lipinski definition) is 2. The largest absolute Gasteiger partial charge is 0.490 e. The zero-order valence-corrected chi connectivity index (χ0v) is 14.2. The Bertz CT molecular complexity index is 595. The molecule has 134 valence electrons. The Kier molecular flexibility index (Phi) is 7.00. The molecular weight excluding hydrogens is 317 g/mol. The van der Waals surface area contributed by atoms with Crippen molar-refractivity contribution in [2.45, 2.75) is 52.1 Å². The number of carboxylic acids is 1. The molecule has 0 aliphatic rings. The monoisotopic (exact) mass is 341 g/mol. The fraction of sp³-hybridized carbons (Fsp3) is 0.529. The van der Waals surface area contributed by atoms with E-state index in [1.807, 2.05) is 0 Å². The first-order valence-electron chi connectivity index (χ1n) is 7.73. The molecule has 0 saturated carbocycles. The second-order valence-corrected chi connectivity index (χ2v) is 6.39. The highest BCUT2D eigenvalue weighted by molar-refractivity contribution is 5.69. The van der Waals surface area contributed by atoms with Crippen LogP contribution >= 0.6 is 0 Å². The van der Waals surface area contributed by atoms with Gasteiger partial charge in [0.2, 0.25) is 0 Å². The molecule has 0 unspecified atom stereocenters. The van der Waals surface area contributed by atoms with Gasteiger partial charge in [0, 0.05) is 12.8 Å². The number of carboxylic acid groups (broad SMARTS) is 1. The number of ether oxygens (including phenoxy) is 2. The van der Waals surface area contributed by atoms with Crippen molar-refractivity contribution in [1.82, 2.24) is 0 Å². The fourth-order valence-electron chi connectivity index (χ4n) is 1.99. The Morgan fingerprint density at radius 1 is 1.25 bits per heavy atom. The van der Waals surface area contributed by atoms with Crippen LogP contribution in [0.4, 0.5) is 10.1 Å². The molecular formula is C17H24FNO5. The van der Waals surface area contributed by atoms with Crippen LogP contribution in [-0.2, 0) is 20.7 Å². The molecule has 0 saturated heterocycles. The van der Waals surface area contributed by atoms with Crippen molar-refractivity contribution in [2.75, 3.05) is 12.3 Å². The first-order chi connectivity index (χ1) is 11.1. The number of carbonyl (C=O) groups excluding carboxylic acids is 1. The Hall–Kier alpha value is -2.31. The van der Waals surface area contributed by atoms with E-state index in [0.717, 1.165) is 0 Å². The van der Waals surface area contributed by atoms with Crippen molar-refractivity contribution >= 4 is 17.6 Å². The van der Waals surface area contributed by atoms with Crippen LogP contribution in [0.2, 0.25) is 0 Å². The number of aliphatic carboxylic acids is 1. The normalized spacial score (nSPS) is 11.2. The van der Waals surface area contributed by atoms with Crippen molar-refractivity contribution in [3.63, 3.8) is 0 Å². The number of nitrogen functional groups attached to an aromatic ring is 1. The van der Waals surface area contributed by atoms with Gasteiger partial charge in [0.15, 0.2) is 11.6 Å². The molecule has 6 nitrogen and oxygen atoms in total. The van der Waals surface area contributed by atoms with Gasteiger partial charge in [-0.15, -0.1) is 0 Å². The van der Waals surface area contributed by atoms with E-state index in [9.17, 15) is 14.0 Å². The molecule has 1 aromatic rings. The van der Waals surface area contributed by atoms with Crippen LogP contribution in [-0.4, -0.2) is 29.3 Å². The minimum absolute atomic E-state index is 0.0551. The van der Waals surface area contributed by atoms with Gasteiger partial charge in [0.1, 0.15) is 5.60 Å². The van der Waals surface area contributed by atoms with Crippen molar-refractivity contribution in [2.24, 2.45) is 0 Å². The number of hydrogen-bond acceptors (Lipinski definition) is 5. The summed E-state index contributed by atoms with van der Waals surface area (Å²) >= 11 is 0. The lowest BCUT2D eigenvalue weighted by Gasteiger charge is -2.19. The first kappa shape index (κ1) is 19.7. The molecule has 0 spiro atoms. The topological polar surface area (TPSA) is 98.8 Å². The lowest BCUT2D eigenvalue weighted by Crippen LogP contribution is -2.24. The van der Waals surface area contributed by atoms with E-state index in [1.54, 1.807) is 26.8 Å². The molecule has 1 aromatic carbocycles. The Labute approximate surface area is 140 Å². The smallest absolute Gasteiger partial charge is 0.306 e. The van der Waals surface area contributed by atoms with Crippen LogP contribution in [0.5, 0.6) is 5.75 Å². The van der Waals surface area contributed by atoms with Gasteiger partial charge in [-0.1, -0.05) is 6.07 Å². The van der Waals surface area contributed by atoms with Crippen LogP contribution in [0, 0.1) is 5.82 Å². The molecule has 1 rings (SSSR count). The molecule has 0 radical (unpaired) electrons. The van der Waals surface area contributed by atoms with Gasteiger partial charge in [-0.25, -0.2) is 4.39 Å². The summed E-state index contributed by atoms with van der Waals surface area (Å²) in [4.78, 5) is 22.3. The molecule has 3 N–H and O–H groups in total. The maximum atomic E-state index is 14.1. The van der Waals surface area contributed by atoms with Crippen molar-refractivity contribution in [3.8, 4) is 5.75 Å². The van der Waals surface area contributed by atoms with E-state index in [1.165, 1.54) is 6.07 Å². The third kappa shape index (κ3) is 6.85. The van der Waals surface area contributed by atoms with Crippen molar-refractivity contribution in [3.05, 3.63) is 23.5 Å². The molecule has 0 bridgehead atoms. The van der Waals surface area contributed by atoms with Crippen LogP contribution in [0.1, 0.15) is 45.6 Å². The number of halogens is 1. The lowest BCUT2D eigenvalue weighted by molar-refractivity contribution is -0.155. The fourth-order valence-corrected chi connectivity index (χ4v) is 1.99. The summed E-state index contributed by atoms with van der Waals surface area (Å²) in [5, 5.41) is 8.75. The molecule has 7 heteroatoms. The number of carbonyl (C=O) groups is 2. The lowest BCUT2D eigenvalue weighted by atomic mass is 10.1. The molecule has 0 amide bonds. The highest BCUT2D eigenvalue weighted by Gasteiger charge is 2.17. The maximum absolute atomic E-state index is 14.1. The molecule has 0 fully saturated rings. The standard InChI is InChI=1S/C17H24FNO5/c1-17(2,3)24-14(22)5-4-10-23-16-11(7-9-13(20)21)6-8-12(19)15(16)18/h6,8H,4-5,7,9-10,19H2,1-3H3,(H,20,21). The summed E-state index contributed by atoms with van der Waals surface area (Å²) in [5.41, 5.74) is 5.33. The first-order valence-corrected chi connectivity index (χ1v) is 7.73. The molecule has 24 heavy (non-hydrogen) atoms. The highest BCUT2D eigenvalue weighted by atomic mass is 19.1. The average molecular weight is 341 g/mol. The van der Waals surface area contributed by atoms with Crippen LogP contribution < -0.4 is 10.5 Å². The van der Waals surface area contributed by atoms with E-state index in [0.29, 0.717) is 12.0 Å². The zero-order chi connectivity index (χ0) is 18.3. The quantitative estimate of drug-likeness (QED) is 0.428. The highest BCUT2D eigenvalue weighted by Crippen LogP contribution is 2.28. The number of aryl methyl sites for hydroxylation is 1. The molecule has 0 aromatic heterocycles. The number of benzene rings is 1. The second-order valence-electron chi connectivity index (χ2n) is 6.39. The minimum atomic E-state index is -0.983. The molecule has 0 heterocycles. The number of nitrogens with two attached hydrogens (primary N) is 1. The maximum Gasteiger partial charge on any atom is 0.306 e. The molecule has 0 atom stereocenters. The van der Waals surface area contributed by atoms with E-state index in [-0.39, 0.29) is 43.3 Å². The Morgan fingerprint density at radius 2 is 1.92 bits per heavy atom. The van der Waals surface area contributed by atoms with Gasteiger partial charge in [-0.2, -0.15) is 0 Å². The summed E-state index contributed by atoms with van der Waals surface area (Å²) in [6.45, 7) is 5.43. The van der Waals surface area contributed by atoms with Gasteiger partial charge < -0.3 is 20.3 Å². The van der Waals surface area contributed by atoms with Gasteiger partial charge in [0.05, 0.1) is 12.3 Å². The van der Waals surface area contributed by atoms with E-state index in [2.05, 4.69) is 0 Å². The van der Waals surface area contributed by atoms with E-state index in [4.69, 9.17) is 20.3 Å². The van der Waals surface area contributed by atoms with Crippen LogP contribution in [0.3, 0.4) is 0 Å². The van der Waals surface area contributed by atoms with Crippen LogP contribution in [0.15, 0.2) is 12.1 Å². The molecule has 0 aliphatic heterocycles. The Balaban J connectivity index is 2.61. The van der Waals surface area contributed by atoms with Crippen molar-refractivity contribution in [1.29, 1.82) is 0 Å². The number of esters is 1. The molecule has 0 aliphatic carbocycles. The third-order valence-electron chi connectivity index (χ3n) is 3.01. The Morgan fingerprint density at radius 3 is 2.50 bits per heavy atom. The summed E-state index contributed by atoms with van der Waals surface area (Å²) < 4.78 is 24.7. The summed E-state index contributed by atoms with van der Waals surface area (Å²) in [5.74, 6) is -2.11. The van der Waals surface area contributed by atoms with Crippen molar-refractivity contribution < 1.29 is 28.6 Å². The summed E-state index contributed by atoms with van der Waals surface area (Å²) in [7, 11) is 0. The number of anilines is 1. The predicted molar refractivity (Wildman–Crippen MR) is 87.3 cm³/mol. The average Bonchev–Trinajstić information content (AvgIpc) is 2.44. The van der Waals surface area contributed by atoms with E-state index < -0.39 is 17.4 Å². The van der Waals surface area contributed by atoms with E-state index >= 15 is 0 Å². The third-order valence-corrected chi connectivity index (χ3v) is 3.01. The minimum Gasteiger partial charge on any atom is -0.490 e. The van der Waals surface area contributed by atoms with Crippen LogP contribution in [0.25, 0.3) is 0 Å². The summed E-state index contributed by atoms with van der Waals surface area (Å²) in [6.07, 6.45) is 0.485. The second kappa shape index (κ2) is 8.52. The summed E-state index contributed by atoms with van der Waals surface area (Å²) in [6, 6.07) is 2.92. The zero-order valence-electron chi connectivity index (χ0n) is 14.2.